The second-order valence-electron chi connectivity index (χ2n) is 5.77. The van der Waals surface area contributed by atoms with Crippen LogP contribution in [0, 0.1) is 24.0 Å². The molecule has 1 aliphatic rings. The van der Waals surface area contributed by atoms with Crippen LogP contribution in [0.15, 0.2) is 12.1 Å². The third-order valence-corrected chi connectivity index (χ3v) is 3.90. The fraction of sp³-hybridized carbons (Fsp3) is 0.444. The first-order chi connectivity index (χ1) is 11.9. The molecule has 1 amide bonds. The van der Waals surface area contributed by atoms with Crippen molar-refractivity contribution in [3.63, 3.8) is 0 Å². The zero-order valence-electron chi connectivity index (χ0n) is 13.8. The van der Waals surface area contributed by atoms with Gasteiger partial charge in [-0.05, 0) is 31.4 Å². The Morgan fingerprint density at radius 3 is 2.52 bits per heavy atom. The van der Waals surface area contributed by atoms with Crippen LogP contribution in [0.3, 0.4) is 0 Å². The molecular weight excluding hydrogens is 332 g/mol. The molecule has 2 rings (SSSR count). The first-order valence-electron chi connectivity index (χ1n) is 7.95. The van der Waals surface area contributed by atoms with Crippen molar-refractivity contribution in [1.29, 1.82) is 0 Å². The van der Waals surface area contributed by atoms with Crippen LogP contribution >= 0.6 is 0 Å². The lowest BCUT2D eigenvalue weighted by Crippen LogP contribution is -2.46. The number of nitrogens with one attached hydrogen (secondary N) is 1. The zero-order chi connectivity index (χ0) is 18.4. The van der Waals surface area contributed by atoms with E-state index in [2.05, 4.69) is 11.2 Å². The number of amides is 1. The molecule has 1 saturated carbocycles. The second-order valence-corrected chi connectivity index (χ2v) is 5.77. The van der Waals surface area contributed by atoms with Crippen LogP contribution in [0.2, 0.25) is 0 Å². The van der Waals surface area contributed by atoms with Gasteiger partial charge in [-0.1, -0.05) is 12.3 Å². The van der Waals surface area contributed by atoms with Gasteiger partial charge in [-0.2, -0.15) is 0 Å². The van der Waals surface area contributed by atoms with E-state index < -0.39 is 41.4 Å². The van der Waals surface area contributed by atoms with Crippen molar-refractivity contribution >= 4 is 11.9 Å². The van der Waals surface area contributed by atoms with Crippen LogP contribution in [0.25, 0.3) is 0 Å². The first kappa shape index (κ1) is 18.7. The van der Waals surface area contributed by atoms with E-state index in [4.69, 9.17) is 15.9 Å². The number of esters is 1. The molecule has 2 unspecified atom stereocenters. The molecule has 134 valence electrons. The topological polar surface area (TPSA) is 64.6 Å². The molecule has 1 aliphatic carbocycles. The smallest absolute Gasteiger partial charge is 0.302 e. The summed E-state index contributed by atoms with van der Waals surface area (Å²) in [4.78, 5) is 23.5. The molecule has 2 atom stereocenters. The summed E-state index contributed by atoms with van der Waals surface area (Å²) in [6.07, 6.45) is 7.55. The van der Waals surface area contributed by atoms with E-state index in [9.17, 15) is 18.4 Å². The Kier molecular flexibility index (Phi) is 6.34. The van der Waals surface area contributed by atoms with Crippen molar-refractivity contribution in [3.8, 4) is 18.1 Å². The molecule has 0 aromatic heterocycles. The molecule has 1 fully saturated rings. The maximum Gasteiger partial charge on any atom is 0.302 e. The van der Waals surface area contributed by atoms with Crippen molar-refractivity contribution < 1.29 is 27.8 Å². The van der Waals surface area contributed by atoms with Gasteiger partial charge in [-0.25, -0.2) is 8.78 Å². The number of rotatable bonds is 5. The third kappa shape index (κ3) is 4.92. The average Bonchev–Trinajstić information content (AvgIpc) is 2.55. The lowest BCUT2D eigenvalue weighted by Gasteiger charge is -2.31. The Balaban J connectivity index is 2.12. The zero-order valence-corrected chi connectivity index (χ0v) is 13.8. The molecule has 0 heterocycles. The maximum absolute atomic E-state index is 13.9. The summed E-state index contributed by atoms with van der Waals surface area (Å²) in [5.41, 5.74) is -0.185. The van der Waals surface area contributed by atoms with Gasteiger partial charge in [0.05, 0.1) is 6.04 Å². The predicted octanol–water partition coefficient (Wildman–Crippen LogP) is 2.58. The van der Waals surface area contributed by atoms with Crippen LogP contribution in [-0.4, -0.2) is 30.6 Å². The Hall–Kier alpha value is -2.62. The minimum absolute atomic E-state index is 0.185. The number of hydrogen-bond donors (Lipinski definition) is 1. The summed E-state index contributed by atoms with van der Waals surface area (Å²) in [5, 5.41) is 2.69. The van der Waals surface area contributed by atoms with E-state index in [0.29, 0.717) is 12.8 Å². The molecule has 0 saturated heterocycles. The molecule has 1 N–H and O–H groups in total. The number of ether oxygens (including phenoxy) is 2. The predicted molar refractivity (Wildman–Crippen MR) is 86.0 cm³/mol. The molecule has 7 heteroatoms. The number of halogens is 2. The largest absolute Gasteiger partial charge is 0.475 e. The van der Waals surface area contributed by atoms with Crippen LogP contribution < -0.4 is 10.1 Å². The van der Waals surface area contributed by atoms with Gasteiger partial charge in [0.2, 0.25) is 0 Å². The molecule has 0 bridgehead atoms. The van der Waals surface area contributed by atoms with E-state index in [1.54, 1.807) is 0 Å². The molecule has 5 nitrogen and oxygen atoms in total. The lowest BCUT2D eigenvalue weighted by molar-refractivity contribution is -0.149. The number of benzene rings is 1. The van der Waals surface area contributed by atoms with Crippen molar-refractivity contribution in [2.75, 3.05) is 6.61 Å². The molecule has 0 aliphatic heterocycles. The number of carbonyl (C=O) groups excluding carboxylic acids is 2. The number of terminal acetylenes is 1. The fourth-order valence-electron chi connectivity index (χ4n) is 2.81. The summed E-state index contributed by atoms with van der Waals surface area (Å²) in [7, 11) is 0. The molecule has 0 spiro atoms. The Morgan fingerprint density at radius 1 is 1.28 bits per heavy atom. The average molecular weight is 351 g/mol. The molecule has 25 heavy (non-hydrogen) atoms. The van der Waals surface area contributed by atoms with Gasteiger partial charge in [-0.15, -0.1) is 6.42 Å². The Labute approximate surface area is 144 Å². The standard InChI is InChI=1S/C18H19F2NO4/c1-3-8-24-17-13(19)9-12(10-14(17)20)18(23)21-15-6-4-5-7-16(15)25-11(2)22/h1,9-10,15-16H,4-8H2,2H3,(H,21,23). The summed E-state index contributed by atoms with van der Waals surface area (Å²) in [5.74, 6) is -1.62. The summed E-state index contributed by atoms with van der Waals surface area (Å²) in [6, 6.07) is 1.37. The van der Waals surface area contributed by atoms with Gasteiger partial charge < -0.3 is 14.8 Å². The Bertz CT molecular complexity index is 676. The van der Waals surface area contributed by atoms with E-state index in [-0.39, 0.29) is 12.2 Å². The van der Waals surface area contributed by atoms with Crippen LogP contribution in [-0.2, 0) is 9.53 Å². The minimum atomic E-state index is -1.01. The van der Waals surface area contributed by atoms with Crippen LogP contribution in [0.1, 0.15) is 43.0 Å². The van der Waals surface area contributed by atoms with Crippen LogP contribution in [0.4, 0.5) is 8.78 Å². The van der Waals surface area contributed by atoms with E-state index in [0.717, 1.165) is 25.0 Å². The van der Waals surface area contributed by atoms with Crippen molar-refractivity contribution in [3.05, 3.63) is 29.3 Å². The number of carbonyl (C=O) groups is 2. The molecule has 1 aromatic carbocycles. The lowest BCUT2D eigenvalue weighted by atomic mass is 9.92. The highest BCUT2D eigenvalue weighted by molar-refractivity contribution is 5.94. The summed E-state index contributed by atoms with van der Waals surface area (Å²) in [6.45, 7) is 1.01. The SMILES string of the molecule is C#CCOc1c(F)cc(C(=O)NC2CCCCC2OC(C)=O)cc1F. The normalized spacial score (nSPS) is 19.6. The van der Waals surface area contributed by atoms with E-state index in [1.807, 2.05) is 0 Å². The third-order valence-electron chi connectivity index (χ3n) is 3.90. The van der Waals surface area contributed by atoms with Crippen molar-refractivity contribution in [2.45, 2.75) is 44.8 Å². The van der Waals surface area contributed by atoms with E-state index in [1.165, 1.54) is 6.92 Å². The summed E-state index contributed by atoms with van der Waals surface area (Å²) >= 11 is 0. The van der Waals surface area contributed by atoms with Gasteiger partial charge >= 0.3 is 5.97 Å². The van der Waals surface area contributed by atoms with Gasteiger partial charge in [0.1, 0.15) is 12.7 Å². The van der Waals surface area contributed by atoms with Gasteiger partial charge in [0.15, 0.2) is 17.4 Å². The highest BCUT2D eigenvalue weighted by Crippen LogP contribution is 2.25. The van der Waals surface area contributed by atoms with Gasteiger partial charge in [0, 0.05) is 12.5 Å². The maximum atomic E-state index is 13.9. The second kappa shape index (κ2) is 8.47. The van der Waals surface area contributed by atoms with Crippen molar-refractivity contribution in [1.82, 2.24) is 5.32 Å². The quantitative estimate of drug-likeness (QED) is 0.654. The molecule has 0 radical (unpaired) electrons. The van der Waals surface area contributed by atoms with Crippen molar-refractivity contribution in [2.24, 2.45) is 0 Å². The summed E-state index contributed by atoms with van der Waals surface area (Å²) < 4.78 is 37.9. The molecular formula is C18H19F2NO4. The van der Waals surface area contributed by atoms with Gasteiger partial charge in [-0.3, -0.25) is 9.59 Å². The fourth-order valence-corrected chi connectivity index (χ4v) is 2.81. The molecule has 1 aromatic rings. The highest BCUT2D eigenvalue weighted by Gasteiger charge is 2.29. The Morgan fingerprint density at radius 2 is 1.92 bits per heavy atom. The first-order valence-corrected chi connectivity index (χ1v) is 7.95. The van der Waals surface area contributed by atoms with Gasteiger partial charge in [0.25, 0.3) is 5.91 Å². The number of hydrogen-bond acceptors (Lipinski definition) is 4. The van der Waals surface area contributed by atoms with E-state index >= 15 is 0 Å². The highest BCUT2D eigenvalue weighted by atomic mass is 19.1. The monoisotopic (exact) mass is 351 g/mol. The minimum Gasteiger partial charge on any atom is -0.475 e. The van der Waals surface area contributed by atoms with Crippen LogP contribution in [0.5, 0.6) is 5.75 Å².